The molecule has 1 N–H and O–H groups in total. The first-order valence-corrected chi connectivity index (χ1v) is 8.40. The van der Waals surface area contributed by atoms with Gasteiger partial charge in [-0.3, -0.25) is 19.3 Å². The van der Waals surface area contributed by atoms with E-state index in [0.717, 1.165) is 6.42 Å². The third kappa shape index (κ3) is 5.20. The number of hydrogen-bond donors (Lipinski definition) is 1. The van der Waals surface area contributed by atoms with Crippen LogP contribution in [0.2, 0.25) is 0 Å². The summed E-state index contributed by atoms with van der Waals surface area (Å²) < 4.78 is 10.4. The topological polar surface area (TPSA) is 84.9 Å². The third-order valence-corrected chi connectivity index (χ3v) is 4.12. The van der Waals surface area contributed by atoms with Crippen molar-refractivity contribution in [2.45, 2.75) is 38.5 Å². The van der Waals surface area contributed by atoms with E-state index in [-0.39, 0.29) is 17.7 Å². The van der Waals surface area contributed by atoms with Crippen molar-refractivity contribution in [2.75, 3.05) is 26.1 Å². The molecule has 1 aromatic carbocycles. The quantitative estimate of drug-likeness (QED) is 0.547. The van der Waals surface area contributed by atoms with E-state index in [1.165, 1.54) is 4.90 Å². The number of unbranched alkanes of at least 4 members (excludes halogenated alkanes) is 2. The molecule has 0 saturated carbocycles. The summed E-state index contributed by atoms with van der Waals surface area (Å²) in [5.41, 5.74) is 0.570. The molecule has 0 unspecified atom stereocenters. The number of methoxy groups -OCH3 is 2. The molecule has 136 valence electrons. The molecule has 1 saturated heterocycles. The minimum atomic E-state index is -0.111. The smallest absolute Gasteiger partial charge is 0.229 e. The van der Waals surface area contributed by atoms with Crippen LogP contribution in [0.4, 0.5) is 5.69 Å². The van der Waals surface area contributed by atoms with Crippen LogP contribution >= 0.6 is 0 Å². The Balaban J connectivity index is 1.72. The molecule has 1 aliphatic heterocycles. The Hall–Kier alpha value is -2.57. The van der Waals surface area contributed by atoms with E-state index in [0.29, 0.717) is 55.8 Å². The predicted molar refractivity (Wildman–Crippen MR) is 92.6 cm³/mol. The highest BCUT2D eigenvalue weighted by Gasteiger charge is 2.27. The first-order valence-electron chi connectivity index (χ1n) is 8.40. The van der Waals surface area contributed by atoms with Gasteiger partial charge in [-0.2, -0.15) is 0 Å². The molecule has 0 spiro atoms. The number of imide groups is 1. The lowest BCUT2D eigenvalue weighted by atomic mass is 10.1. The van der Waals surface area contributed by atoms with Gasteiger partial charge in [0.1, 0.15) is 11.5 Å². The first-order chi connectivity index (χ1) is 12.0. The molecule has 1 fully saturated rings. The summed E-state index contributed by atoms with van der Waals surface area (Å²) in [7, 11) is 3.10. The van der Waals surface area contributed by atoms with Gasteiger partial charge in [0.15, 0.2) is 0 Å². The average Bonchev–Trinajstić information content (AvgIpc) is 2.93. The number of carbonyl (C=O) groups excluding carboxylic acids is 3. The van der Waals surface area contributed by atoms with Gasteiger partial charge in [-0.25, -0.2) is 0 Å². The number of hydrogen-bond acceptors (Lipinski definition) is 5. The van der Waals surface area contributed by atoms with Crippen LogP contribution in [0.5, 0.6) is 11.5 Å². The number of ether oxygens (including phenoxy) is 2. The van der Waals surface area contributed by atoms with Crippen molar-refractivity contribution >= 4 is 23.4 Å². The summed E-state index contributed by atoms with van der Waals surface area (Å²) in [6.07, 6.45) is 3.19. The molecule has 0 aliphatic carbocycles. The molecule has 0 atom stereocenters. The van der Waals surface area contributed by atoms with Gasteiger partial charge in [-0.05, 0) is 25.0 Å². The number of rotatable bonds is 9. The average molecular weight is 348 g/mol. The van der Waals surface area contributed by atoms with Crippen molar-refractivity contribution in [1.29, 1.82) is 0 Å². The molecule has 1 aromatic rings. The number of carbonyl (C=O) groups is 3. The molecule has 1 aliphatic rings. The molecule has 7 nitrogen and oxygen atoms in total. The fraction of sp³-hybridized carbons (Fsp3) is 0.500. The summed E-state index contributed by atoms with van der Waals surface area (Å²) in [4.78, 5) is 36.4. The van der Waals surface area contributed by atoms with Crippen molar-refractivity contribution in [3.63, 3.8) is 0 Å². The molecule has 0 radical (unpaired) electrons. The summed E-state index contributed by atoms with van der Waals surface area (Å²) in [6, 6.07) is 5.20. The minimum absolute atomic E-state index is 0.0899. The lowest BCUT2D eigenvalue weighted by Gasteiger charge is -2.13. The van der Waals surface area contributed by atoms with Gasteiger partial charge >= 0.3 is 0 Å². The minimum Gasteiger partial charge on any atom is -0.497 e. The summed E-state index contributed by atoms with van der Waals surface area (Å²) in [6.45, 7) is 0.447. The van der Waals surface area contributed by atoms with Crippen molar-refractivity contribution in [1.82, 2.24) is 4.90 Å². The van der Waals surface area contributed by atoms with Gasteiger partial charge in [0.05, 0.1) is 19.9 Å². The van der Waals surface area contributed by atoms with E-state index in [2.05, 4.69) is 5.32 Å². The number of amides is 3. The van der Waals surface area contributed by atoms with Crippen molar-refractivity contribution in [3.05, 3.63) is 18.2 Å². The van der Waals surface area contributed by atoms with Gasteiger partial charge in [0, 0.05) is 31.9 Å². The summed E-state index contributed by atoms with van der Waals surface area (Å²) in [5, 5.41) is 2.82. The normalized spacial score (nSPS) is 13.9. The number of nitrogens with zero attached hydrogens (tertiary/aromatic N) is 1. The number of benzene rings is 1. The lowest BCUT2D eigenvalue weighted by molar-refractivity contribution is -0.138. The maximum atomic E-state index is 12.1. The second-order valence-electron chi connectivity index (χ2n) is 5.86. The van der Waals surface area contributed by atoms with Crippen LogP contribution in [0.1, 0.15) is 38.5 Å². The van der Waals surface area contributed by atoms with Gasteiger partial charge in [0.25, 0.3) is 0 Å². The van der Waals surface area contributed by atoms with Crippen molar-refractivity contribution < 1.29 is 23.9 Å². The van der Waals surface area contributed by atoms with Crippen LogP contribution in [0.15, 0.2) is 18.2 Å². The van der Waals surface area contributed by atoms with Crippen LogP contribution in [0.25, 0.3) is 0 Å². The summed E-state index contributed by atoms with van der Waals surface area (Å²) >= 11 is 0. The van der Waals surface area contributed by atoms with Crippen molar-refractivity contribution in [2.24, 2.45) is 0 Å². The lowest BCUT2D eigenvalue weighted by Crippen LogP contribution is -2.29. The number of likely N-dealkylation sites (tertiary alicyclic amines) is 1. The third-order valence-electron chi connectivity index (χ3n) is 4.12. The zero-order chi connectivity index (χ0) is 18.2. The van der Waals surface area contributed by atoms with Gasteiger partial charge in [-0.15, -0.1) is 0 Å². The number of nitrogens with one attached hydrogen (secondary N) is 1. The van der Waals surface area contributed by atoms with E-state index < -0.39 is 0 Å². The molecule has 2 rings (SSSR count). The van der Waals surface area contributed by atoms with E-state index in [1.54, 1.807) is 32.4 Å². The Labute approximate surface area is 147 Å². The van der Waals surface area contributed by atoms with Crippen LogP contribution in [-0.2, 0) is 14.4 Å². The highest BCUT2D eigenvalue weighted by Crippen LogP contribution is 2.29. The molecule has 7 heteroatoms. The molecular weight excluding hydrogens is 324 g/mol. The molecule has 25 heavy (non-hydrogen) atoms. The van der Waals surface area contributed by atoms with Crippen LogP contribution in [0, 0.1) is 0 Å². The Morgan fingerprint density at radius 1 is 1.08 bits per heavy atom. The van der Waals surface area contributed by atoms with Crippen molar-refractivity contribution in [3.8, 4) is 11.5 Å². The fourth-order valence-electron chi connectivity index (χ4n) is 2.73. The second-order valence-corrected chi connectivity index (χ2v) is 5.86. The molecule has 3 amide bonds. The molecular formula is C18H24N2O5. The van der Waals surface area contributed by atoms with Gasteiger partial charge < -0.3 is 14.8 Å². The van der Waals surface area contributed by atoms with E-state index in [4.69, 9.17) is 9.47 Å². The largest absolute Gasteiger partial charge is 0.497 e. The molecule has 0 bridgehead atoms. The Morgan fingerprint density at radius 3 is 2.44 bits per heavy atom. The van der Waals surface area contributed by atoms with Gasteiger partial charge in [-0.1, -0.05) is 6.42 Å². The fourth-order valence-corrected chi connectivity index (χ4v) is 2.73. The molecule has 1 heterocycles. The zero-order valence-electron chi connectivity index (χ0n) is 14.7. The SMILES string of the molecule is COc1ccc(OC)c(NC(=O)CCCCCN2C(=O)CCC2=O)c1. The Bertz CT molecular complexity index is 628. The monoisotopic (exact) mass is 348 g/mol. The number of anilines is 1. The van der Waals surface area contributed by atoms with E-state index in [1.807, 2.05) is 0 Å². The van der Waals surface area contributed by atoms with E-state index in [9.17, 15) is 14.4 Å². The van der Waals surface area contributed by atoms with Crippen LogP contribution in [-0.4, -0.2) is 43.4 Å². The zero-order valence-corrected chi connectivity index (χ0v) is 14.7. The van der Waals surface area contributed by atoms with Gasteiger partial charge in [0.2, 0.25) is 17.7 Å². The standard InChI is InChI=1S/C18H24N2O5/c1-24-13-7-8-15(25-2)14(12-13)19-16(21)6-4-3-5-11-20-17(22)9-10-18(20)23/h7-8,12H,3-6,9-11H2,1-2H3,(H,19,21). The highest BCUT2D eigenvalue weighted by molar-refractivity contribution is 6.01. The summed E-state index contributed by atoms with van der Waals surface area (Å²) in [5.74, 6) is 0.914. The molecule has 0 aromatic heterocycles. The maximum absolute atomic E-state index is 12.1. The Morgan fingerprint density at radius 2 is 1.80 bits per heavy atom. The second kappa shape index (κ2) is 9.05. The Kier molecular flexibility index (Phi) is 6.80. The maximum Gasteiger partial charge on any atom is 0.229 e. The van der Waals surface area contributed by atoms with Crippen LogP contribution < -0.4 is 14.8 Å². The predicted octanol–water partition coefficient (Wildman–Crippen LogP) is 2.35. The first kappa shape index (κ1) is 18.8. The van der Waals surface area contributed by atoms with E-state index >= 15 is 0 Å². The highest BCUT2D eigenvalue weighted by atomic mass is 16.5. The van der Waals surface area contributed by atoms with Crippen LogP contribution in [0.3, 0.4) is 0 Å².